The van der Waals surface area contributed by atoms with Crippen molar-refractivity contribution < 1.29 is 9.53 Å². The van der Waals surface area contributed by atoms with Crippen LogP contribution in [0.2, 0.25) is 0 Å². The molecular formula is C19H29N3O2. The summed E-state index contributed by atoms with van der Waals surface area (Å²) in [5, 5.41) is 6.46. The smallest absolute Gasteiger partial charge is 0.240 e. The van der Waals surface area contributed by atoms with Crippen LogP contribution in [0.5, 0.6) is 0 Å². The fourth-order valence-electron chi connectivity index (χ4n) is 3.55. The van der Waals surface area contributed by atoms with Crippen LogP contribution in [0.3, 0.4) is 0 Å². The molecule has 2 aliphatic heterocycles. The Morgan fingerprint density at radius 1 is 1.29 bits per heavy atom. The molecule has 2 fully saturated rings. The van der Waals surface area contributed by atoms with Gasteiger partial charge in [-0.25, -0.2) is 0 Å². The molecule has 5 nitrogen and oxygen atoms in total. The number of carbonyl (C=O) groups excluding carboxylic acids is 1. The van der Waals surface area contributed by atoms with Crippen molar-refractivity contribution in [3.05, 3.63) is 35.9 Å². The number of piperidine rings is 1. The Balaban J connectivity index is 1.38. The normalized spacial score (nSPS) is 26.2. The van der Waals surface area contributed by atoms with E-state index in [-0.39, 0.29) is 18.1 Å². The van der Waals surface area contributed by atoms with Crippen molar-refractivity contribution in [3.8, 4) is 0 Å². The van der Waals surface area contributed by atoms with Crippen LogP contribution in [-0.4, -0.2) is 61.8 Å². The van der Waals surface area contributed by atoms with Crippen molar-refractivity contribution in [2.45, 2.75) is 44.4 Å². The van der Waals surface area contributed by atoms with E-state index in [9.17, 15) is 4.79 Å². The highest BCUT2D eigenvalue weighted by molar-refractivity contribution is 5.82. The maximum absolute atomic E-state index is 12.4. The average molecular weight is 331 g/mol. The molecule has 0 unspecified atom stereocenters. The van der Waals surface area contributed by atoms with Crippen molar-refractivity contribution >= 4 is 5.91 Å². The first kappa shape index (κ1) is 17.4. The van der Waals surface area contributed by atoms with Gasteiger partial charge in [0, 0.05) is 32.2 Å². The van der Waals surface area contributed by atoms with E-state index in [0.29, 0.717) is 12.6 Å². The minimum atomic E-state index is -0.213. The summed E-state index contributed by atoms with van der Waals surface area (Å²) in [6.45, 7) is 6.61. The molecule has 0 radical (unpaired) electrons. The zero-order valence-corrected chi connectivity index (χ0v) is 14.5. The largest absolute Gasteiger partial charge is 0.375 e. The minimum absolute atomic E-state index is 0.0512. The number of ether oxygens (including phenoxy) is 1. The van der Waals surface area contributed by atoms with Gasteiger partial charge in [0.05, 0.1) is 12.7 Å². The summed E-state index contributed by atoms with van der Waals surface area (Å²) in [6.07, 6.45) is 3.11. The van der Waals surface area contributed by atoms with Gasteiger partial charge in [-0.2, -0.15) is 0 Å². The van der Waals surface area contributed by atoms with Crippen LogP contribution in [0.4, 0.5) is 0 Å². The highest BCUT2D eigenvalue weighted by Crippen LogP contribution is 2.13. The molecule has 5 heteroatoms. The zero-order chi connectivity index (χ0) is 16.8. The molecule has 0 aromatic heterocycles. The fraction of sp³-hybridized carbons (Fsp3) is 0.632. The molecule has 0 aliphatic carbocycles. The summed E-state index contributed by atoms with van der Waals surface area (Å²) in [5.74, 6) is 0.0879. The lowest BCUT2D eigenvalue weighted by atomic mass is 10.0. The molecule has 1 aromatic rings. The predicted molar refractivity (Wildman–Crippen MR) is 95.0 cm³/mol. The molecule has 2 saturated heterocycles. The van der Waals surface area contributed by atoms with Gasteiger partial charge < -0.3 is 20.3 Å². The molecular weight excluding hydrogens is 302 g/mol. The summed E-state index contributed by atoms with van der Waals surface area (Å²) in [5.41, 5.74) is 1.39. The van der Waals surface area contributed by atoms with E-state index >= 15 is 0 Å². The molecule has 2 aliphatic rings. The van der Waals surface area contributed by atoms with E-state index in [1.165, 1.54) is 5.56 Å². The van der Waals surface area contributed by atoms with E-state index in [4.69, 9.17) is 4.74 Å². The van der Waals surface area contributed by atoms with Crippen LogP contribution >= 0.6 is 0 Å². The molecule has 2 N–H and O–H groups in total. The van der Waals surface area contributed by atoms with Crippen LogP contribution < -0.4 is 10.6 Å². The lowest BCUT2D eigenvalue weighted by Crippen LogP contribution is -2.58. The zero-order valence-electron chi connectivity index (χ0n) is 14.5. The number of hydrogen-bond donors (Lipinski definition) is 2. The van der Waals surface area contributed by atoms with Crippen molar-refractivity contribution in [1.82, 2.24) is 15.5 Å². The second kappa shape index (κ2) is 8.60. The van der Waals surface area contributed by atoms with Gasteiger partial charge >= 0.3 is 0 Å². The number of rotatable bonds is 5. The Bertz CT molecular complexity index is 515. The standard InChI is InChI=1S/C19H29N3O2/c1-15-18(20-10-14-24-15)19(23)21-17-8-12-22(13-9-17)11-7-16-5-3-2-4-6-16/h2-6,15,17-18,20H,7-14H2,1H3,(H,21,23)/t15-,18+/m1/s1. The molecule has 1 amide bonds. The van der Waals surface area contributed by atoms with Gasteiger partial charge in [-0.3, -0.25) is 4.79 Å². The van der Waals surface area contributed by atoms with Crippen molar-refractivity contribution in [2.24, 2.45) is 0 Å². The number of morpholine rings is 1. The topological polar surface area (TPSA) is 53.6 Å². The van der Waals surface area contributed by atoms with Crippen molar-refractivity contribution in [3.63, 3.8) is 0 Å². The predicted octanol–water partition coefficient (Wildman–Crippen LogP) is 1.19. The lowest BCUT2D eigenvalue weighted by Gasteiger charge is -2.35. The van der Waals surface area contributed by atoms with E-state index < -0.39 is 0 Å². The summed E-state index contributed by atoms with van der Waals surface area (Å²) in [7, 11) is 0. The Kier molecular flexibility index (Phi) is 6.24. The number of nitrogens with zero attached hydrogens (tertiary/aromatic N) is 1. The van der Waals surface area contributed by atoms with E-state index in [2.05, 4.69) is 45.9 Å². The van der Waals surface area contributed by atoms with Crippen LogP contribution in [0.25, 0.3) is 0 Å². The SMILES string of the molecule is C[C@H]1OCCN[C@@H]1C(=O)NC1CCN(CCc2ccccc2)CC1. The molecule has 132 valence electrons. The number of amides is 1. The average Bonchev–Trinajstić information content (AvgIpc) is 2.62. The first-order chi connectivity index (χ1) is 11.7. The lowest BCUT2D eigenvalue weighted by molar-refractivity contribution is -0.130. The Morgan fingerprint density at radius 2 is 2.04 bits per heavy atom. The van der Waals surface area contributed by atoms with Crippen LogP contribution in [0.15, 0.2) is 30.3 Å². The number of benzene rings is 1. The first-order valence-corrected chi connectivity index (χ1v) is 9.14. The monoisotopic (exact) mass is 331 g/mol. The number of likely N-dealkylation sites (tertiary alicyclic amines) is 1. The molecule has 0 saturated carbocycles. The van der Waals surface area contributed by atoms with Gasteiger partial charge in [-0.05, 0) is 31.7 Å². The fourth-order valence-corrected chi connectivity index (χ4v) is 3.55. The van der Waals surface area contributed by atoms with Gasteiger partial charge in [0.15, 0.2) is 0 Å². The summed E-state index contributed by atoms with van der Waals surface area (Å²) in [6, 6.07) is 10.7. The minimum Gasteiger partial charge on any atom is -0.375 e. The Hall–Kier alpha value is -1.43. The van der Waals surface area contributed by atoms with Gasteiger partial charge in [-0.1, -0.05) is 30.3 Å². The number of carbonyl (C=O) groups is 1. The third-order valence-electron chi connectivity index (χ3n) is 5.09. The van der Waals surface area contributed by atoms with Crippen molar-refractivity contribution in [2.75, 3.05) is 32.8 Å². The summed E-state index contributed by atoms with van der Waals surface area (Å²) >= 11 is 0. The Labute approximate surface area is 144 Å². The van der Waals surface area contributed by atoms with E-state index in [0.717, 1.165) is 45.4 Å². The molecule has 24 heavy (non-hydrogen) atoms. The quantitative estimate of drug-likeness (QED) is 0.851. The maximum atomic E-state index is 12.4. The molecule has 2 atom stereocenters. The second-order valence-electron chi connectivity index (χ2n) is 6.87. The van der Waals surface area contributed by atoms with E-state index in [1.54, 1.807) is 0 Å². The highest BCUT2D eigenvalue weighted by Gasteiger charge is 2.30. The molecule has 0 bridgehead atoms. The van der Waals surface area contributed by atoms with Crippen molar-refractivity contribution in [1.29, 1.82) is 0 Å². The van der Waals surface area contributed by atoms with Gasteiger partial charge in [0.25, 0.3) is 0 Å². The summed E-state index contributed by atoms with van der Waals surface area (Å²) < 4.78 is 5.56. The Morgan fingerprint density at radius 3 is 2.75 bits per heavy atom. The maximum Gasteiger partial charge on any atom is 0.240 e. The van der Waals surface area contributed by atoms with Crippen LogP contribution in [0, 0.1) is 0 Å². The first-order valence-electron chi connectivity index (χ1n) is 9.14. The molecule has 2 heterocycles. The van der Waals surface area contributed by atoms with Crippen LogP contribution in [0.1, 0.15) is 25.3 Å². The second-order valence-corrected chi connectivity index (χ2v) is 6.87. The van der Waals surface area contributed by atoms with Gasteiger partial charge in [0.2, 0.25) is 5.91 Å². The third-order valence-corrected chi connectivity index (χ3v) is 5.09. The van der Waals surface area contributed by atoms with E-state index in [1.807, 2.05) is 6.92 Å². The van der Waals surface area contributed by atoms with Crippen LogP contribution in [-0.2, 0) is 16.0 Å². The van der Waals surface area contributed by atoms with Gasteiger partial charge in [0.1, 0.15) is 6.04 Å². The van der Waals surface area contributed by atoms with Gasteiger partial charge in [-0.15, -0.1) is 0 Å². The molecule has 3 rings (SSSR count). The highest BCUT2D eigenvalue weighted by atomic mass is 16.5. The molecule has 0 spiro atoms. The molecule has 1 aromatic carbocycles. The number of hydrogen-bond acceptors (Lipinski definition) is 4. The summed E-state index contributed by atoms with van der Waals surface area (Å²) in [4.78, 5) is 14.9. The number of nitrogens with one attached hydrogen (secondary N) is 2. The third kappa shape index (κ3) is 4.79.